The molecule has 2 aliphatic rings. The lowest BCUT2D eigenvalue weighted by Gasteiger charge is -2.04. The van der Waals surface area contributed by atoms with Crippen molar-refractivity contribution in [3.8, 4) is 0 Å². The lowest BCUT2D eigenvalue weighted by molar-refractivity contribution is 0.496. The molecule has 46 valence electrons. The van der Waals surface area contributed by atoms with Crippen LogP contribution in [0.5, 0.6) is 0 Å². The van der Waals surface area contributed by atoms with E-state index in [0.717, 1.165) is 17.3 Å². The molecule has 2 saturated carbocycles. The normalized spacial score (nSPS) is 57.8. The maximum absolute atomic E-state index is 3.22. The highest BCUT2D eigenvalue weighted by Gasteiger charge is 2.74. The summed E-state index contributed by atoms with van der Waals surface area (Å²) in [5.74, 6) is 2.17. The summed E-state index contributed by atoms with van der Waals surface area (Å²) < 4.78 is 0. The molecule has 0 bridgehead atoms. The van der Waals surface area contributed by atoms with Crippen molar-refractivity contribution in [2.24, 2.45) is 17.3 Å². The average Bonchev–Trinajstić information content (AvgIpc) is 2.49. The van der Waals surface area contributed by atoms with E-state index >= 15 is 0 Å². The van der Waals surface area contributed by atoms with Crippen molar-refractivity contribution >= 4 is 0 Å². The fourth-order valence-corrected chi connectivity index (χ4v) is 1.91. The van der Waals surface area contributed by atoms with Crippen LogP contribution in [0.4, 0.5) is 0 Å². The lowest BCUT2D eigenvalue weighted by Crippen LogP contribution is -2.15. The number of hydrogen-bond donors (Lipinski definition) is 1. The third-order valence-electron chi connectivity index (χ3n) is 2.99. The Kier molecular flexibility index (Phi) is 0.663. The second-order valence-electron chi connectivity index (χ2n) is 3.48. The monoisotopic (exact) mass is 111 g/mol. The summed E-state index contributed by atoms with van der Waals surface area (Å²) in [7, 11) is 2.04. The van der Waals surface area contributed by atoms with Gasteiger partial charge in [-0.15, -0.1) is 0 Å². The predicted molar refractivity (Wildman–Crippen MR) is 33.6 cm³/mol. The first-order valence-corrected chi connectivity index (χ1v) is 3.43. The van der Waals surface area contributed by atoms with Crippen LogP contribution in [0.3, 0.4) is 0 Å². The third kappa shape index (κ3) is 0.368. The minimum Gasteiger partial charge on any atom is -0.319 e. The van der Waals surface area contributed by atoms with E-state index in [2.05, 4.69) is 12.2 Å². The van der Waals surface area contributed by atoms with Gasteiger partial charge in [-0.3, -0.25) is 0 Å². The minimum absolute atomic E-state index is 0.822. The van der Waals surface area contributed by atoms with Crippen molar-refractivity contribution in [2.45, 2.75) is 13.3 Å². The van der Waals surface area contributed by atoms with Gasteiger partial charge in [0.1, 0.15) is 0 Å². The van der Waals surface area contributed by atoms with E-state index in [-0.39, 0.29) is 0 Å². The zero-order chi connectivity index (χ0) is 5.78. The van der Waals surface area contributed by atoms with Crippen LogP contribution in [0.15, 0.2) is 0 Å². The van der Waals surface area contributed by atoms with E-state index in [1.165, 1.54) is 13.0 Å². The highest BCUT2D eigenvalue weighted by atomic mass is 14.9. The Hall–Kier alpha value is -0.0400. The zero-order valence-corrected chi connectivity index (χ0v) is 5.57. The Bertz CT molecular complexity index is 122. The average molecular weight is 111 g/mol. The van der Waals surface area contributed by atoms with Crippen molar-refractivity contribution in [2.75, 3.05) is 13.6 Å². The summed E-state index contributed by atoms with van der Waals surface area (Å²) in [6.07, 6.45) is 1.51. The minimum atomic E-state index is 0.822. The van der Waals surface area contributed by atoms with Crippen molar-refractivity contribution in [3.63, 3.8) is 0 Å². The van der Waals surface area contributed by atoms with Crippen LogP contribution >= 0.6 is 0 Å². The topological polar surface area (TPSA) is 12.0 Å². The Morgan fingerprint density at radius 1 is 1.75 bits per heavy atom. The molecule has 0 saturated heterocycles. The maximum atomic E-state index is 3.22. The molecule has 1 N–H and O–H groups in total. The van der Waals surface area contributed by atoms with Crippen LogP contribution in [0.2, 0.25) is 0 Å². The fourth-order valence-electron chi connectivity index (χ4n) is 1.91. The molecule has 2 rings (SSSR count). The number of nitrogens with one attached hydrogen (secondary N) is 1. The molecule has 1 heteroatoms. The Balaban J connectivity index is 1.83. The van der Waals surface area contributed by atoms with Crippen molar-refractivity contribution in [1.29, 1.82) is 0 Å². The second kappa shape index (κ2) is 1.10. The summed E-state index contributed by atoms with van der Waals surface area (Å²) in [4.78, 5) is 0. The van der Waals surface area contributed by atoms with Crippen molar-refractivity contribution in [3.05, 3.63) is 0 Å². The van der Waals surface area contributed by atoms with Gasteiger partial charge in [0.05, 0.1) is 0 Å². The smallest absolute Gasteiger partial charge is 0.00153 e. The first kappa shape index (κ1) is 4.80. The fraction of sp³-hybridized carbons (Fsp3) is 1.00. The molecule has 8 heavy (non-hydrogen) atoms. The quantitative estimate of drug-likeness (QED) is 0.557. The first-order chi connectivity index (χ1) is 3.79. The number of hydrogen-bond acceptors (Lipinski definition) is 1. The molecule has 3 unspecified atom stereocenters. The molecule has 0 aromatic carbocycles. The number of fused-ring (bicyclic) bond motifs is 1. The van der Waals surface area contributed by atoms with Crippen LogP contribution in [0, 0.1) is 17.3 Å². The van der Waals surface area contributed by atoms with Crippen LogP contribution in [-0.4, -0.2) is 13.6 Å². The predicted octanol–water partition coefficient (Wildman–Crippen LogP) is 0.862. The van der Waals surface area contributed by atoms with Gasteiger partial charge < -0.3 is 5.32 Å². The molecule has 0 heterocycles. The Morgan fingerprint density at radius 2 is 2.38 bits per heavy atom. The highest BCUT2D eigenvalue weighted by molar-refractivity contribution is 5.23. The molecule has 2 aliphatic carbocycles. The van der Waals surface area contributed by atoms with Gasteiger partial charge in [0.15, 0.2) is 0 Å². The van der Waals surface area contributed by atoms with Gasteiger partial charge in [-0.25, -0.2) is 0 Å². The second-order valence-corrected chi connectivity index (χ2v) is 3.48. The maximum Gasteiger partial charge on any atom is -0.00153 e. The summed E-state index contributed by atoms with van der Waals surface area (Å²) in [6.45, 7) is 3.65. The molecular weight excluding hydrogens is 98.1 g/mol. The highest BCUT2D eigenvalue weighted by Crippen LogP contribution is 2.79. The third-order valence-corrected chi connectivity index (χ3v) is 2.99. The van der Waals surface area contributed by atoms with Crippen LogP contribution < -0.4 is 5.32 Å². The largest absolute Gasteiger partial charge is 0.319 e. The van der Waals surface area contributed by atoms with Gasteiger partial charge in [-0.1, -0.05) is 6.92 Å². The van der Waals surface area contributed by atoms with Gasteiger partial charge in [-0.2, -0.15) is 0 Å². The van der Waals surface area contributed by atoms with Crippen LogP contribution in [-0.2, 0) is 0 Å². The molecular formula is C7H13N. The summed E-state index contributed by atoms with van der Waals surface area (Å²) in [6, 6.07) is 0. The van der Waals surface area contributed by atoms with E-state index < -0.39 is 0 Å². The van der Waals surface area contributed by atoms with E-state index in [0.29, 0.717) is 0 Å². The van der Waals surface area contributed by atoms with Gasteiger partial charge in [0, 0.05) is 0 Å². The lowest BCUT2D eigenvalue weighted by atomic mass is 10.1. The molecule has 0 aromatic rings. The van der Waals surface area contributed by atoms with E-state index in [4.69, 9.17) is 0 Å². The van der Waals surface area contributed by atoms with Crippen molar-refractivity contribution in [1.82, 2.24) is 5.32 Å². The summed E-state index contributed by atoms with van der Waals surface area (Å²) >= 11 is 0. The van der Waals surface area contributed by atoms with Crippen LogP contribution in [0.1, 0.15) is 13.3 Å². The van der Waals surface area contributed by atoms with Gasteiger partial charge in [-0.05, 0) is 37.3 Å². The van der Waals surface area contributed by atoms with E-state index in [1.54, 1.807) is 0 Å². The van der Waals surface area contributed by atoms with E-state index in [9.17, 15) is 0 Å². The molecule has 2 fully saturated rings. The molecule has 0 spiro atoms. The van der Waals surface area contributed by atoms with Crippen molar-refractivity contribution < 1.29 is 0 Å². The molecule has 1 nitrogen and oxygen atoms in total. The molecule has 3 atom stereocenters. The molecule has 0 aromatic heterocycles. The first-order valence-electron chi connectivity index (χ1n) is 3.43. The number of rotatable bonds is 2. The standard InChI is InChI=1S/C7H13N/c1-7-3-5(7)6(7)4-8-2/h5-6,8H,3-4H2,1-2H3. The van der Waals surface area contributed by atoms with Gasteiger partial charge >= 0.3 is 0 Å². The van der Waals surface area contributed by atoms with Crippen LogP contribution in [0.25, 0.3) is 0 Å². The summed E-state index contributed by atoms with van der Waals surface area (Å²) in [5, 5.41) is 3.22. The van der Waals surface area contributed by atoms with Gasteiger partial charge in [0.2, 0.25) is 0 Å². The SMILES string of the molecule is CNCC1C2CC12C. The van der Waals surface area contributed by atoms with Gasteiger partial charge in [0.25, 0.3) is 0 Å². The Morgan fingerprint density at radius 3 is 2.50 bits per heavy atom. The Labute approximate surface area is 50.5 Å². The molecule has 0 aliphatic heterocycles. The summed E-state index contributed by atoms with van der Waals surface area (Å²) in [5.41, 5.74) is 0.822. The molecule has 0 amide bonds. The van der Waals surface area contributed by atoms with E-state index in [1.807, 2.05) is 7.05 Å². The molecule has 0 radical (unpaired) electrons. The zero-order valence-electron chi connectivity index (χ0n) is 5.57.